The Bertz CT molecular complexity index is 565. The SMILES string of the molecule is CC(C)(C)OC(=O)N1CCC[C@H](Oc2ccc([N+](=O)[O-])cc2)C1. The zero-order valence-corrected chi connectivity index (χ0v) is 13.7. The molecule has 23 heavy (non-hydrogen) atoms. The van der Waals surface area contributed by atoms with Crippen molar-refractivity contribution in [3.8, 4) is 5.75 Å². The van der Waals surface area contributed by atoms with E-state index in [2.05, 4.69) is 0 Å². The van der Waals surface area contributed by atoms with Crippen LogP contribution in [0.3, 0.4) is 0 Å². The van der Waals surface area contributed by atoms with Gasteiger partial charge in [0.15, 0.2) is 0 Å². The van der Waals surface area contributed by atoms with Crippen LogP contribution in [-0.2, 0) is 4.74 Å². The summed E-state index contributed by atoms with van der Waals surface area (Å²) in [4.78, 5) is 23.9. The summed E-state index contributed by atoms with van der Waals surface area (Å²) in [6.45, 7) is 6.60. The molecule has 1 aliphatic rings. The van der Waals surface area contributed by atoms with E-state index in [0.29, 0.717) is 18.8 Å². The molecule has 1 amide bonds. The molecule has 1 aliphatic heterocycles. The Labute approximate surface area is 135 Å². The van der Waals surface area contributed by atoms with Crippen LogP contribution in [0.1, 0.15) is 33.6 Å². The molecule has 0 bridgehead atoms. The molecule has 2 rings (SSSR count). The number of hydrogen-bond acceptors (Lipinski definition) is 5. The van der Waals surface area contributed by atoms with Gasteiger partial charge < -0.3 is 14.4 Å². The summed E-state index contributed by atoms with van der Waals surface area (Å²) in [6, 6.07) is 5.96. The van der Waals surface area contributed by atoms with Gasteiger partial charge in [-0.05, 0) is 45.7 Å². The molecule has 1 aromatic rings. The van der Waals surface area contributed by atoms with Gasteiger partial charge in [0.2, 0.25) is 0 Å². The zero-order chi connectivity index (χ0) is 17.0. The van der Waals surface area contributed by atoms with Gasteiger partial charge in [-0.3, -0.25) is 10.1 Å². The number of ether oxygens (including phenoxy) is 2. The number of piperidine rings is 1. The van der Waals surface area contributed by atoms with Crippen molar-refractivity contribution in [1.29, 1.82) is 0 Å². The third kappa shape index (κ3) is 5.12. The van der Waals surface area contributed by atoms with Gasteiger partial charge in [0.1, 0.15) is 17.5 Å². The first kappa shape index (κ1) is 17.1. The second-order valence-electron chi connectivity index (χ2n) is 6.56. The van der Waals surface area contributed by atoms with Crippen LogP contribution in [0.25, 0.3) is 0 Å². The highest BCUT2D eigenvalue weighted by Gasteiger charge is 2.28. The predicted molar refractivity (Wildman–Crippen MR) is 84.6 cm³/mol. The van der Waals surface area contributed by atoms with Gasteiger partial charge in [-0.1, -0.05) is 0 Å². The number of carbonyl (C=O) groups is 1. The molecule has 1 fully saturated rings. The highest BCUT2D eigenvalue weighted by molar-refractivity contribution is 5.68. The third-order valence-corrected chi connectivity index (χ3v) is 3.38. The fourth-order valence-corrected chi connectivity index (χ4v) is 2.37. The topological polar surface area (TPSA) is 81.9 Å². The lowest BCUT2D eigenvalue weighted by atomic mass is 10.1. The minimum atomic E-state index is -0.525. The first-order valence-electron chi connectivity index (χ1n) is 7.63. The van der Waals surface area contributed by atoms with Crippen LogP contribution < -0.4 is 4.74 Å². The Morgan fingerprint density at radius 2 is 1.96 bits per heavy atom. The molecule has 1 saturated heterocycles. The minimum Gasteiger partial charge on any atom is -0.489 e. The predicted octanol–water partition coefficient (Wildman–Crippen LogP) is 3.37. The Morgan fingerprint density at radius 3 is 2.52 bits per heavy atom. The largest absolute Gasteiger partial charge is 0.489 e. The molecule has 0 spiro atoms. The summed E-state index contributed by atoms with van der Waals surface area (Å²) in [6.07, 6.45) is 1.18. The lowest BCUT2D eigenvalue weighted by Crippen LogP contribution is -2.46. The van der Waals surface area contributed by atoms with Crippen LogP contribution in [0, 0.1) is 10.1 Å². The first-order chi connectivity index (χ1) is 10.7. The molecule has 7 nitrogen and oxygen atoms in total. The fraction of sp³-hybridized carbons (Fsp3) is 0.562. The van der Waals surface area contributed by atoms with Crippen molar-refractivity contribution >= 4 is 11.8 Å². The normalized spacial score (nSPS) is 18.4. The Balaban J connectivity index is 1.93. The molecule has 0 radical (unpaired) electrons. The van der Waals surface area contributed by atoms with Gasteiger partial charge in [0, 0.05) is 18.7 Å². The highest BCUT2D eigenvalue weighted by atomic mass is 16.6. The van der Waals surface area contributed by atoms with Gasteiger partial charge in [0.05, 0.1) is 11.5 Å². The van der Waals surface area contributed by atoms with Crippen molar-refractivity contribution in [1.82, 2.24) is 4.90 Å². The maximum atomic E-state index is 12.1. The summed E-state index contributed by atoms with van der Waals surface area (Å²) in [5.41, 5.74) is -0.500. The van der Waals surface area contributed by atoms with Gasteiger partial charge >= 0.3 is 6.09 Å². The average Bonchev–Trinajstić information content (AvgIpc) is 2.46. The number of nitrogens with zero attached hydrogens (tertiary/aromatic N) is 2. The molecule has 0 saturated carbocycles. The molecule has 1 aromatic carbocycles. The van der Waals surface area contributed by atoms with E-state index in [0.717, 1.165) is 12.8 Å². The summed E-state index contributed by atoms with van der Waals surface area (Å²) in [5, 5.41) is 10.6. The Hall–Kier alpha value is -2.31. The molecule has 0 unspecified atom stereocenters. The Kier molecular flexibility index (Phi) is 5.08. The van der Waals surface area contributed by atoms with Crippen LogP contribution in [-0.4, -0.2) is 40.7 Å². The number of nitro groups is 1. The van der Waals surface area contributed by atoms with E-state index in [1.807, 2.05) is 20.8 Å². The van der Waals surface area contributed by atoms with Gasteiger partial charge in [-0.15, -0.1) is 0 Å². The summed E-state index contributed by atoms with van der Waals surface area (Å²) in [7, 11) is 0. The third-order valence-electron chi connectivity index (χ3n) is 3.38. The molecule has 7 heteroatoms. The van der Waals surface area contributed by atoms with E-state index in [9.17, 15) is 14.9 Å². The quantitative estimate of drug-likeness (QED) is 0.629. The summed E-state index contributed by atoms with van der Waals surface area (Å²) >= 11 is 0. The van der Waals surface area contributed by atoms with E-state index in [-0.39, 0.29) is 17.9 Å². The number of non-ortho nitro benzene ring substituents is 1. The monoisotopic (exact) mass is 322 g/mol. The van der Waals surface area contributed by atoms with E-state index >= 15 is 0 Å². The molecular formula is C16H22N2O5. The first-order valence-corrected chi connectivity index (χ1v) is 7.63. The maximum absolute atomic E-state index is 12.1. The molecule has 0 aliphatic carbocycles. The van der Waals surface area contributed by atoms with Crippen LogP contribution >= 0.6 is 0 Å². The zero-order valence-electron chi connectivity index (χ0n) is 13.7. The van der Waals surface area contributed by atoms with Crippen molar-refractivity contribution < 1.29 is 19.2 Å². The lowest BCUT2D eigenvalue weighted by Gasteiger charge is -2.34. The number of hydrogen-bond donors (Lipinski definition) is 0. The van der Waals surface area contributed by atoms with Crippen molar-refractivity contribution in [2.24, 2.45) is 0 Å². The summed E-state index contributed by atoms with van der Waals surface area (Å²) in [5.74, 6) is 0.562. The molecule has 0 N–H and O–H groups in total. The fourth-order valence-electron chi connectivity index (χ4n) is 2.37. The van der Waals surface area contributed by atoms with Crippen LogP contribution in [0.15, 0.2) is 24.3 Å². The van der Waals surface area contributed by atoms with Gasteiger partial charge in [0.25, 0.3) is 5.69 Å². The molecule has 126 valence electrons. The van der Waals surface area contributed by atoms with Crippen molar-refractivity contribution in [3.05, 3.63) is 34.4 Å². The van der Waals surface area contributed by atoms with Gasteiger partial charge in [-0.25, -0.2) is 4.79 Å². The second kappa shape index (κ2) is 6.85. The highest BCUT2D eigenvalue weighted by Crippen LogP contribution is 2.22. The minimum absolute atomic E-state index is 0.0244. The number of rotatable bonds is 3. The average molecular weight is 322 g/mol. The molecule has 1 heterocycles. The number of amides is 1. The number of likely N-dealkylation sites (tertiary alicyclic amines) is 1. The number of carbonyl (C=O) groups excluding carboxylic acids is 1. The molecular weight excluding hydrogens is 300 g/mol. The van der Waals surface area contributed by atoms with E-state index in [4.69, 9.17) is 9.47 Å². The number of benzene rings is 1. The molecule has 0 aromatic heterocycles. The van der Waals surface area contributed by atoms with E-state index in [1.54, 1.807) is 17.0 Å². The maximum Gasteiger partial charge on any atom is 0.410 e. The van der Waals surface area contributed by atoms with Crippen LogP contribution in [0.2, 0.25) is 0 Å². The van der Waals surface area contributed by atoms with E-state index in [1.165, 1.54) is 12.1 Å². The van der Waals surface area contributed by atoms with Crippen LogP contribution in [0.4, 0.5) is 10.5 Å². The standard InChI is InChI=1S/C16H22N2O5/c1-16(2,3)23-15(19)17-10-4-5-14(11-17)22-13-8-6-12(7-9-13)18(20)21/h6-9,14H,4-5,10-11H2,1-3H3/t14-/m0/s1. The van der Waals surface area contributed by atoms with Gasteiger partial charge in [-0.2, -0.15) is 0 Å². The second-order valence-corrected chi connectivity index (χ2v) is 6.56. The smallest absolute Gasteiger partial charge is 0.410 e. The van der Waals surface area contributed by atoms with E-state index < -0.39 is 10.5 Å². The Morgan fingerprint density at radius 1 is 1.30 bits per heavy atom. The van der Waals surface area contributed by atoms with Crippen molar-refractivity contribution in [2.75, 3.05) is 13.1 Å². The number of nitro benzene ring substituents is 1. The van der Waals surface area contributed by atoms with Crippen molar-refractivity contribution in [2.45, 2.75) is 45.3 Å². The van der Waals surface area contributed by atoms with Crippen molar-refractivity contribution in [3.63, 3.8) is 0 Å². The summed E-state index contributed by atoms with van der Waals surface area (Å²) < 4.78 is 11.2. The lowest BCUT2D eigenvalue weighted by molar-refractivity contribution is -0.384. The molecule has 1 atom stereocenters. The van der Waals surface area contributed by atoms with Crippen LogP contribution in [0.5, 0.6) is 5.75 Å².